The molecule has 0 fully saturated rings. The molecule has 0 saturated heterocycles. The second-order valence-corrected chi connectivity index (χ2v) is 10.9. The highest BCUT2D eigenvalue weighted by atomic mass is 35.5. The summed E-state index contributed by atoms with van der Waals surface area (Å²) in [4.78, 5) is 28.3. The van der Waals surface area contributed by atoms with Gasteiger partial charge in [-0.3, -0.25) is 13.9 Å². The van der Waals surface area contributed by atoms with Crippen LogP contribution in [0.1, 0.15) is 38.7 Å². The van der Waals surface area contributed by atoms with E-state index in [0.29, 0.717) is 18.7 Å². The third-order valence-corrected chi connectivity index (χ3v) is 7.18. The second kappa shape index (κ2) is 14.1. The molecule has 0 aliphatic heterocycles. The van der Waals surface area contributed by atoms with E-state index in [4.69, 9.17) is 21.1 Å². The van der Waals surface area contributed by atoms with Crippen molar-refractivity contribution in [3.05, 3.63) is 53.1 Å². The molecule has 37 heavy (non-hydrogen) atoms. The third-order valence-electron chi connectivity index (χ3n) is 5.82. The largest absolute Gasteiger partial charge is 0.497 e. The molecule has 0 heterocycles. The van der Waals surface area contributed by atoms with Crippen molar-refractivity contribution in [2.24, 2.45) is 0 Å². The van der Waals surface area contributed by atoms with E-state index in [9.17, 15) is 18.0 Å². The van der Waals surface area contributed by atoms with Crippen molar-refractivity contribution < 1.29 is 27.5 Å². The first-order valence-electron chi connectivity index (χ1n) is 12.1. The van der Waals surface area contributed by atoms with Gasteiger partial charge in [0.1, 0.15) is 24.1 Å². The number of rotatable bonds is 14. The van der Waals surface area contributed by atoms with E-state index < -0.39 is 28.5 Å². The van der Waals surface area contributed by atoms with Crippen molar-refractivity contribution in [1.29, 1.82) is 0 Å². The summed E-state index contributed by atoms with van der Waals surface area (Å²) in [5.74, 6) is 0.0702. The Labute approximate surface area is 224 Å². The lowest BCUT2D eigenvalue weighted by Gasteiger charge is -2.33. The average molecular weight is 554 g/mol. The maximum atomic E-state index is 13.8. The minimum Gasteiger partial charge on any atom is -0.497 e. The quantitative estimate of drug-likeness (QED) is 0.356. The van der Waals surface area contributed by atoms with Gasteiger partial charge in [0.25, 0.3) is 0 Å². The molecule has 1 atom stereocenters. The summed E-state index contributed by atoms with van der Waals surface area (Å²) < 4.78 is 37.1. The van der Waals surface area contributed by atoms with Crippen LogP contribution in [0, 0.1) is 0 Å². The lowest BCUT2D eigenvalue weighted by molar-refractivity contribution is -0.140. The van der Waals surface area contributed by atoms with Crippen molar-refractivity contribution >= 4 is 39.1 Å². The summed E-state index contributed by atoms with van der Waals surface area (Å²) in [6.45, 7) is 3.89. The molecule has 1 unspecified atom stereocenters. The molecule has 0 aliphatic carbocycles. The molecular weight excluding hydrogens is 518 g/mol. The van der Waals surface area contributed by atoms with Crippen molar-refractivity contribution in [3.63, 3.8) is 0 Å². The van der Waals surface area contributed by atoms with Crippen LogP contribution in [-0.2, 0) is 26.2 Å². The van der Waals surface area contributed by atoms with Gasteiger partial charge in [-0.05, 0) is 48.7 Å². The molecule has 0 radical (unpaired) electrons. The van der Waals surface area contributed by atoms with E-state index >= 15 is 0 Å². The smallest absolute Gasteiger partial charge is 0.244 e. The first kappa shape index (κ1) is 30.2. The molecule has 2 aromatic carbocycles. The number of hydrogen-bond acceptors (Lipinski definition) is 6. The molecule has 9 nitrogen and oxygen atoms in total. The monoisotopic (exact) mass is 553 g/mol. The molecule has 204 valence electrons. The molecule has 2 rings (SSSR count). The summed E-state index contributed by atoms with van der Waals surface area (Å²) in [6.07, 6.45) is 3.07. The zero-order valence-electron chi connectivity index (χ0n) is 22.0. The fourth-order valence-corrected chi connectivity index (χ4v) is 4.82. The van der Waals surface area contributed by atoms with Crippen LogP contribution >= 0.6 is 11.6 Å². The first-order chi connectivity index (χ1) is 17.5. The highest BCUT2D eigenvalue weighted by Gasteiger charge is 2.32. The van der Waals surface area contributed by atoms with Crippen LogP contribution in [0.4, 0.5) is 5.69 Å². The Morgan fingerprint density at radius 2 is 1.73 bits per heavy atom. The van der Waals surface area contributed by atoms with Crippen molar-refractivity contribution in [3.8, 4) is 11.5 Å². The molecule has 0 spiro atoms. The normalized spacial score (nSPS) is 11.9. The highest BCUT2D eigenvalue weighted by molar-refractivity contribution is 7.92. The predicted octanol–water partition coefficient (Wildman–Crippen LogP) is 3.85. The SMILES string of the molecule is CCCCNC(=O)C(CC)N(Cc1ccc(OC)cc1)C(=O)CN(c1cc(Cl)ccc1OC)S(C)(=O)=O. The molecule has 0 aliphatic rings. The number of sulfonamides is 1. The number of anilines is 1. The zero-order chi connectivity index (χ0) is 27.6. The Balaban J connectivity index is 2.47. The molecule has 0 bridgehead atoms. The van der Waals surface area contributed by atoms with Gasteiger partial charge in [-0.1, -0.05) is 44.0 Å². The van der Waals surface area contributed by atoms with Crippen molar-refractivity contribution in [2.75, 3.05) is 37.9 Å². The fraction of sp³-hybridized carbons (Fsp3) is 0.462. The van der Waals surface area contributed by atoms with Gasteiger partial charge in [-0.2, -0.15) is 0 Å². The van der Waals surface area contributed by atoms with E-state index in [1.807, 2.05) is 13.8 Å². The van der Waals surface area contributed by atoms with Crippen molar-refractivity contribution in [2.45, 2.75) is 45.7 Å². The minimum absolute atomic E-state index is 0.104. The van der Waals surface area contributed by atoms with E-state index in [0.717, 1.165) is 29.0 Å². The van der Waals surface area contributed by atoms with Crippen LogP contribution < -0.4 is 19.1 Å². The molecule has 11 heteroatoms. The Hall–Kier alpha value is -2.98. The Kier molecular flexibility index (Phi) is 11.5. The number of nitrogens with one attached hydrogen (secondary N) is 1. The van der Waals surface area contributed by atoms with Gasteiger partial charge in [-0.25, -0.2) is 8.42 Å². The lowest BCUT2D eigenvalue weighted by Crippen LogP contribution is -2.52. The summed E-state index contributed by atoms with van der Waals surface area (Å²) in [5, 5.41) is 3.18. The van der Waals surface area contributed by atoms with E-state index in [1.54, 1.807) is 37.4 Å². The summed E-state index contributed by atoms with van der Waals surface area (Å²) in [6, 6.07) is 10.9. The maximum absolute atomic E-state index is 13.8. The minimum atomic E-state index is -3.92. The Morgan fingerprint density at radius 3 is 2.27 bits per heavy atom. The number of benzene rings is 2. The van der Waals surface area contributed by atoms with Gasteiger partial charge >= 0.3 is 0 Å². The molecule has 0 saturated carbocycles. The molecular formula is C26H36ClN3O6S. The number of amides is 2. The van der Waals surface area contributed by atoms with Gasteiger partial charge in [0.05, 0.1) is 26.2 Å². The number of ether oxygens (including phenoxy) is 2. The number of hydrogen-bond donors (Lipinski definition) is 1. The summed E-state index contributed by atoms with van der Waals surface area (Å²) >= 11 is 6.14. The summed E-state index contributed by atoms with van der Waals surface area (Å²) in [7, 11) is -0.958. The molecule has 2 aromatic rings. The number of nitrogens with zero attached hydrogens (tertiary/aromatic N) is 2. The molecule has 2 amide bonds. The van der Waals surface area contributed by atoms with E-state index in [1.165, 1.54) is 24.1 Å². The van der Waals surface area contributed by atoms with Gasteiger partial charge in [0.15, 0.2) is 0 Å². The Morgan fingerprint density at radius 1 is 1.05 bits per heavy atom. The third kappa shape index (κ3) is 8.53. The van der Waals surface area contributed by atoms with Crippen LogP contribution in [-0.4, -0.2) is 64.7 Å². The standard InChI is InChI=1S/C26H36ClN3O6S/c1-6-8-15-28-26(32)22(7-2)29(17-19-9-12-21(35-3)13-10-19)25(31)18-30(37(5,33)34)23-16-20(27)11-14-24(23)36-4/h9-14,16,22H,6-8,15,17-18H2,1-5H3,(H,28,32). The van der Waals surface area contributed by atoms with Gasteiger partial charge < -0.3 is 19.7 Å². The van der Waals surface area contributed by atoms with E-state index in [2.05, 4.69) is 5.32 Å². The van der Waals surface area contributed by atoms with Crippen LogP contribution in [0.5, 0.6) is 11.5 Å². The van der Waals surface area contributed by atoms with Crippen LogP contribution in [0.15, 0.2) is 42.5 Å². The average Bonchev–Trinajstić information content (AvgIpc) is 2.86. The zero-order valence-corrected chi connectivity index (χ0v) is 23.6. The topological polar surface area (TPSA) is 105 Å². The molecule has 0 aromatic heterocycles. The number of carbonyl (C=O) groups is 2. The molecule has 1 N–H and O–H groups in total. The number of methoxy groups -OCH3 is 2. The number of carbonyl (C=O) groups excluding carboxylic acids is 2. The van der Waals surface area contributed by atoms with Crippen LogP contribution in [0.3, 0.4) is 0 Å². The summed E-state index contributed by atoms with van der Waals surface area (Å²) in [5.41, 5.74) is 0.899. The van der Waals surface area contributed by atoms with Crippen LogP contribution in [0.2, 0.25) is 5.02 Å². The predicted molar refractivity (Wildman–Crippen MR) is 146 cm³/mol. The lowest BCUT2D eigenvalue weighted by atomic mass is 10.1. The van der Waals surface area contributed by atoms with E-state index in [-0.39, 0.29) is 28.9 Å². The maximum Gasteiger partial charge on any atom is 0.244 e. The Bertz CT molecular complexity index is 1160. The first-order valence-corrected chi connectivity index (χ1v) is 14.3. The van der Waals surface area contributed by atoms with Crippen molar-refractivity contribution in [1.82, 2.24) is 10.2 Å². The van der Waals surface area contributed by atoms with Crippen LogP contribution in [0.25, 0.3) is 0 Å². The second-order valence-electron chi connectivity index (χ2n) is 8.52. The number of halogens is 1. The fourth-order valence-electron chi connectivity index (χ4n) is 3.81. The number of unbranched alkanes of at least 4 members (excludes halogenated alkanes) is 1. The van der Waals surface area contributed by atoms with Gasteiger partial charge in [0, 0.05) is 18.1 Å². The van der Waals surface area contributed by atoms with Gasteiger partial charge in [-0.15, -0.1) is 0 Å². The highest BCUT2D eigenvalue weighted by Crippen LogP contribution is 2.33. The van der Waals surface area contributed by atoms with Gasteiger partial charge in [0.2, 0.25) is 21.8 Å².